The van der Waals surface area contributed by atoms with E-state index < -0.39 is 12.1 Å². The molecule has 0 fully saturated rings. The van der Waals surface area contributed by atoms with Gasteiger partial charge in [-0.15, -0.1) is 5.10 Å². The minimum Gasteiger partial charge on any atom is -0.441 e. The summed E-state index contributed by atoms with van der Waals surface area (Å²) in [6.45, 7) is 5.14. The zero-order valence-corrected chi connectivity index (χ0v) is 10.2. The maximum atomic E-state index is 11.6. The highest BCUT2D eigenvalue weighted by Gasteiger charge is 2.18. The number of carbonyl (C=O) groups is 1. The Hall–Kier alpha value is -2.49. The van der Waals surface area contributed by atoms with E-state index in [0.717, 1.165) is 11.4 Å². The van der Waals surface area contributed by atoms with Crippen molar-refractivity contribution in [1.29, 1.82) is 5.26 Å². The summed E-state index contributed by atoms with van der Waals surface area (Å²) in [4.78, 5) is 19.8. The lowest BCUT2D eigenvalue weighted by Gasteiger charge is -2.01. The van der Waals surface area contributed by atoms with Gasteiger partial charge in [0.15, 0.2) is 6.10 Å². The molecule has 7 heteroatoms. The van der Waals surface area contributed by atoms with Gasteiger partial charge in [0.25, 0.3) is 11.6 Å². The summed E-state index contributed by atoms with van der Waals surface area (Å²) >= 11 is 0. The summed E-state index contributed by atoms with van der Waals surface area (Å²) in [7, 11) is 0. The number of hydrogen-bond donors (Lipinski definition) is 0. The first-order chi connectivity index (χ1) is 8.51. The van der Waals surface area contributed by atoms with Crippen LogP contribution in [0.15, 0.2) is 6.07 Å². The highest BCUT2D eigenvalue weighted by molar-refractivity contribution is 5.85. The van der Waals surface area contributed by atoms with Gasteiger partial charge in [0.05, 0.1) is 0 Å². The minimum absolute atomic E-state index is 0.0988. The number of nitrogens with zero attached hydrogens (tertiary/aromatic N) is 5. The molecule has 0 N–H and O–H groups in total. The van der Waals surface area contributed by atoms with Crippen LogP contribution in [0.3, 0.4) is 0 Å². The summed E-state index contributed by atoms with van der Waals surface area (Å²) in [5.74, 6) is -0.492. The van der Waals surface area contributed by atoms with Crippen LogP contribution in [0.2, 0.25) is 0 Å². The molecular weight excluding hydrogens is 234 g/mol. The lowest BCUT2D eigenvalue weighted by atomic mass is 10.4. The number of hydrogen-bond acceptors (Lipinski definition) is 6. The molecule has 0 spiro atoms. The third kappa shape index (κ3) is 2.13. The van der Waals surface area contributed by atoms with E-state index in [1.807, 2.05) is 19.9 Å². The minimum atomic E-state index is -0.833. The molecule has 2 aromatic heterocycles. The predicted octanol–water partition coefficient (Wildman–Crippen LogP) is 0.810. The number of aryl methyl sites for hydroxylation is 2. The Morgan fingerprint density at radius 1 is 1.50 bits per heavy atom. The number of nitriles is 1. The predicted molar refractivity (Wildman–Crippen MR) is 60.7 cm³/mol. The van der Waals surface area contributed by atoms with E-state index >= 15 is 0 Å². The zero-order valence-electron chi connectivity index (χ0n) is 10.2. The lowest BCUT2D eigenvalue weighted by molar-refractivity contribution is 0.0421. The second kappa shape index (κ2) is 4.41. The molecule has 1 atom stereocenters. The molecule has 18 heavy (non-hydrogen) atoms. The average molecular weight is 245 g/mol. The number of fused-ring (bicyclic) bond motifs is 1. The molecule has 2 heterocycles. The lowest BCUT2D eigenvalue weighted by Crippen LogP contribution is -2.14. The van der Waals surface area contributed by atoms with Crippen LogP contribution < -0.4 is 0 Å². The van der Waals surface area contributed by atoms with Crippen molar-refractivity contribution in [3.8, 4) is 6.07 Å². The Bertz CT molecular complexity index is 655. The molecular formula is C11H11N5O2. The van der Waals surface area contributed by atoms with Crippen molar-refractivity contribution in [2.75, 3.05) is 0 Å². The average Bonchev–Trinajstić information content (AvgIpc) is 2.72. The molecule has 0 saturated heterocycles. The Morgan fingerprint density at radius 2 is 2.22 bits per heavy atom. The van der Waals surface area contributed by atoms with E-state index in [0.29, 0.717) is 5.78 Å². The molecule has 0 bridgehead atoms. The first-order valence-electron chi connectivity index (χ1n) is 5.33. The second-order valence-corrected chi connectivity index (χ2v) is 3.86. The molecule has 0 aliphatic carbocycles. The van der Waals surface area contributed by atoms with Gasteiger partial charge in [-0.3, -0.25) is 0 Å². The molecule has 0 aliphatic rings. The van der Waals surface area contributed by atoms with Crippen LogP contribution in [0.25, 0.3) is 5.78 Å². The Morgan fingerprint density at radius 3 is 2.89 bits per heavy atom. The Balaban J connectivity index is 2.39. The molecule has 0 aromatic carbocycles. The number of rotatable bonds is 2. The van der Waals surface area contributed by atoms with Gasteiger partial charge in [0.2, 0.25) is 0 Å². The molecule has 0 saturated carbocycles. The number of ether oxygens (including phenoxy) is 1. The quantitative estimate of drug-likeness (QED) is 0.727. The van der Waals surface area contributed by atoms with Gasteiger partial charge >= 0.3 is 5.97 Å². The largest absolute Gasteiger partial charge is 0.441 e. The smallest absolute Gasteiger partial charge is 0.379 e. The van der Waals surface area contributed by atoms with E-state index in [-0.39, 0.29) is 5.82 Å². The Kier molecular flexibility index (Phi) is 2.93. The van der Waals surface area contributed by atoms with Crippen molar-refractivity contribution in [1.82, 2.24) is 19.6 Å². The fourth-order valence-electron chi connectivity index (χ4n) is 1.49. The molecule has 92 valence electrons. The molecule has 0 unspecified atom stereocenters. The van der Waals surface area contributed by atoms with Crippen molar-refractivity contribution in [3.05, 3.63) is 23.3 Å². The van der Waals surface area contributed by atoms with Crippen molar-refractivity contribution >= 4 is 11.7 Å². The molecule has 0 amide bonds. The van der Waals surface area contributed by atoms with Gasteiger partial charge in [-0.1, -0.05) is 0 Å². The van der Waals surface area contributed by atoms with E-state index in [2.05, 4.69) is 15.1 Å². The van der Waals surface area contributed by atoms with Crippen LogP contribution in [0.4, 0.5) is 0 Å². The number of carbonyl (C=O) groups excluding carboxylic acids is 1. The van der Waals surface area contributed by atoms with Crippen molar-refractivity contribution in [2.24, 2.45) is 0 Å². The fourth-order valence-corrected chi connectivity index (χ4v) is 1.49. The van der Waals surface area contributed by atoms with Gasteiger partial charge in [-0.05, 0) is 26.8 Å². The first kappa shape index (κ1) is 12.0. The molecule has 2 aromatic rings. The molecule has 2 rings (SSSR count). The van der Waals surface area contributed by atoms with Crippen LogP contribution in [-0.4, -0.2) is 31.7 Å². The third-order valence-corrected chi connectivity index (χ3v) is 2.27. The number of esters is 1. The van der Waals surface area contributed by atoms with Crippen LogP contribution in [0, 0.1) is 25.2 Å². The summed E-state index contributed by atoms with van der Waals surface area (Å²) in [5.41, 5.74) is 1.61. The fraction of sp³-hybridized carbons (Fsp3) is 0.364. The van der Waals surface area contributed by atoms with Gasteiger partial charge in [-0.25, -0.2) is 14.3 Å². The molecule has 7 nitrogen and oxygen atoms in total. The monoisotopic (exact) mass is 245 g/mol. The topological polar surface area (TPSA) is 93.2 Å². The Labute approximate surface area is 103 Å². The highest BCUT2D eigenvalue weighted by Crippen LogP contribution is 2.06. The summed E-state index contributed by atoms with van der Waals surface area (Å²) in [6.07, 6.45) is -0.833. The van der Waals surface area contributed by atoms with Crippen molar-refractivity contribution in [2.45, 2.75) is 26.9 Å². The van der Waals surface area contributed by atoms with Crippen LogP contribution in [0.1, 0.15) is 28.9 Å². The van der Waals surface area contributed by atoms with Crippen LogP contribution in [-0.2, 0) is 4.74 Å². The van der Waals surface area contributed by atoms with Crippen molar-refractivity contribution in [3.63, 3.8) is 0 Å². The second-order valence-electron chi connectivity index (χ2n) is 3.86. The van der Waals surface area contributed by atoms with Gasteiger partial charge in [-0.2, -0.15) is 10.2 Å². The van der Waals surface area contributed by atoms with Crippen molar-refractivity contribution < 1.29 is 9.53 Å². The van der Waals surface area contributed by atoms with E-state index in [1.54, 1.807) is 6.07 Å². The van der Waals surface area contributed by atoms with Gasteiger partial charge in [0.1, 0.15) is 6.07 Å². The first-order valence-corrected chi connectivity index (χ1v) is 5.33. The standard InChI is InChI=1S/C11H11N5O2/c1-6-4-7(2)16-11(13-6)14-9(15-16)10(17)18-8(3)5-12/h4,8H,1-3H3/t8-/m1/s1. The highest BCUT2D eigenvalue weighted by atomic mass is 16.5. The van der Waals surface area contributed by atoms with Crippen LogP contribution >= 0.6 is 0 Å². The van der Waals surface area contributed by atoms with E-state index in [9.17, 15) is 4.79 Å². The SMILES string of the molecule is Cc1cc(C)n2nc(C(=O)O[C@H](C)C#N)nc2n1. The normalized spacial score (nSPS) is 12.1. The van der Waals surface area contributed by atoms with E-state index in [4.69, 9.17) is 10.00 Å². The number of aromatic nitrogens is 4. The summed E-state index contributed by atoms with van der Waals surface area (Å²) in [5, 5.41) is 12.6. The maximum absolute atomic E-state index is 11.6. The molecule has 0 radical (unpaired) electrons. The van der Waals surface area contributed by atoms with Gasteiger partial charge in [0, 0.05) is 11.4 Å². The van der Waals surface area contributed by atoms with E-state index in [1.165, 1.54) is 11.4 Å². The third-order valence-electron chi connectivity index (χ3n) is 2.27. The maximum Gasteiger partial charge on any atom is 0.379 e. The summed E-state index contributed by atoms with van der Waals surface area (Å²) < 4.78 is 6.28. The van der Waals surface area contributed by atoms with Gasteiger partial charge < -0.3 is 4.74 Å². The summed E-state index contributed by atoms with van der Waals surface area (Å²) in [6, 6.07) is 3.63. The molecule has 0 aliphatic heterocycles. The zero-order chi connectivity index (χ0) is 13.3. The van der Waals surface area contributed by atoms with Crippen LogP contribution in [0.5, 0.6) is 0 Å².